The topological polar surface area (TPSA) is 12.0 Å². The van der Waals surface area contributed by atoms with Crippen molar-refractivity contribution < 1.29 is 0 Å². The Kier molecular flexibility index (Phi) is 4.08. The summed E-state index contributed by atoms with van der Waals surface area (Å²) in [6.45, 7) is 0. The fraction of sp³-hybridized carbons (Fsp3) is 0.263. The zero-order valence-electron chi connectivity index (χ0n) is 12.7. The molecule has 0 amide bonds. The molecule has 1 aliphatic carbocycles. The van der Waals surface area contributed by atoms with Gasteiger partial charge in [-0.1, -0.05) is 53.6 Å². The highest BCUT2D eigenvalue weighted by Crippen LogP contribution is 2.52. The molecule has 0 bridgehead atoms. The van der Waals surface area contributed by atoms with E-state index in [1.54, 1.807) is 11.8 Å². The van der Waals surface area contributed by atoms with Crippen LogP contribution in [0.25, 0.3) is 0 Å². The Bertz CT molecular complexity index is 770. The van der Waals surface area contributed by atoms with Gasteiger partial charge in [-0.15, -0.1) is 11.8 Å². The van der Waals surface area contributed by atoms with Gasteiger partial charge in [-0.05, 0) is 47.9 Å². The minimum atomic E-state index is 0.259. The van der Waals surface area contributed by atoms with Crippen LogP contribution in [0.4, 0.5) is 5.69 Å². The second-order valence-electron chi connectivity index (χ2n) is 6.07. The summed E-state index contributed by atoms with van der Waals surface area (Å²) in [6.07, 6.45) is 7.80. The fourth-order valence-electron chi connectivity index (χ4n) is 3.74. The third kappa shape index (κ3) is 2.57. The molecule has 23 heavy (non-hydrogen) atoms. The fourth-order valence-corrected chi connectivity index (χ4v) is 4.54. The zero-order valence-corrected chi connectivity index (χ0v) is 15.1. The van der Waals surface area contributed by atoms with Gasteiger partial charge in [0.15, 0.2) is 0 Å². The maximum atomic E-state index is 6.48. The molecule has 2 aromatic carbocycles. The number of benzene rings is 2. The molecule has 118 valence electrons. The lowest BCUT2D eigenvalue weighted by atomic mass is 9.77. The highest BCUT2D eigenvalue weighted by Gasteiger charge is 2.38. The van der Waals surface area contributed by atoms with Gasteiger partial charge in [-0.3, -0.25) is 0 Å². The number of anilines is 1. The van der Waals surface area contributed by atoms with Crippen molar-refractivity contribution >= 4 is 40.7 Å². The van der Waals surface area contributed by atoms with E-state index in [9.17, 15) is 0 Å². The lowest BCUT2D eigenvalue weighted by Gasteiger charge is -2.38. The van der Waals surface area contributed by atoms with Crippen LogP contribution in [0.1, 0.15) is 29.5 Å². The van der Waals surface area contributed by atoms with E-state index >= 15 is 0 Å². The molecule has 0 aromatic heterocycles. The van der Waals surface area contributed by atoms with Crippen molar-refractivity contribution in [3.05, 3.63) is 69.7 Å². The lowest BCUT2D eigenvalue weighted by Crippen LogP contribution is -2.29. The third-order valence-electron chi connectivity index (χ3n) is 4.90. The number of thioether (sulfide) groups is 1. The number of allylic oxidation sites excluding steroid dienone is 2. The highest BCUT2D eigenvalue weighted by molar-refractivity contribution is 7.98. The molecule has 3 unspecified atom stereocenters. The van der Waals surface area contributed by atoms with Crippen LogP contribution in [0.15, 0.2) is 53.4 Å². The van der Waals surface area contributed by atoms with E-state index in [1.807, 2.05) is 6.07 Å². The summed E-state index contributed by atoms with van der Waals surface area (Å²) >= 11 is 14.5. The molecule has 0 spiro atoms. The maximum absolute atomic E-state index is 6.48. The number of nitrogens with one attached hydrogen (secondary N) is 1. The maximum Gasteiger partial charge on any atom is 0.0826 e. The summed E-state index contributed by atoms with van der Waals surface area (Å²) < 4.78 is 0. The third-order valence-corrected chi connectivity index (χ3v) is 6.45. The van der Waals surface area contributed by atoms with Crippen LogP contribution in [-0.2, 0) is 0 Å². The summed E-state index contributed by atoms with van der Waals surface area (Å²) in [6, 6.07) is 13.1. The Labute approximate surface area is 151 Å². The van der Waals surface area contributed by atoms with Crippen LogP contribution in [0, 0.1) is 5.92 Å². The van der Waals surface area contributed by atoms with Crippen molar-refractivity contribution in [2.75, 3.05) is 11.6 Å². The Morgan fingerprint density at radius 1 is 1.09 bits per heavy atom. The van der Waals surface area contributed by atoms with Crippen LogP contribution < -0.4 is 5.32 Å². The zero-order chi connectivity index (χ0) is 16.0. The van der Waals surface area contributed by atoms with Gasteiger partial charge < -0.3 is 5.32 Å². The van der Waals surface area contributed by atoms with Crippen molar-refractivity contribution in [1.82, 2.24) is 0 Å². The Morgan fingerprint density at radius 3 is 2.61 bits per heavy atom. The Hall–Kier alpha value is -1.09. The minimum Gasteiger partial charge on any atom is -0.376 e. The van der Waals surface area contributed by atoms with Gasteiger partial charge in [0.2, 0.25) is 0 Å². The van der Waals surface area contributed by atoms with Gasteiger partial charge in [-0.25, -0.2) is 0 Å². The molecule has 2 aliphatic rings. The predicted octanol–water partition coefficient (Wildman–Crippen LogP) is 6.54. The van der Waals surface area contributed by atoms with Crippen LogP contribution in [-0.4, -0.2) is 6.26 Å². The molecule has 2 aromatic rings. The number of halogens is 2. The molecule has 1 N–H and O–H groups in total. The van der Waals surface area contributed by atoms with Crippen molar-refractivity contribution in [2.45, 2.75) is 23.3 Å². The first-order chi connectivity index (χ1) is 11.2. The first-order valence-corrected chi connectivity index (χ1v) is 9.72. The van der Waals surface area contributed by atoms with Crippen molar-refractivity contribution in [3.63, 3.8) is 0 Å². The molecule has 3 atom stereocenters. The normalized spacial score (nSPS) is 24.9. The Morgan fingerprint density at radius 2 is 1.87 bits per heavy atom. The molecule has 1 nitrogen and oxygen atoms in total. The minimum absolute atomic E-state index is 0.259. The van der Waals surface area contributed by atoms with Crippen molar-refractivity contribution in [1.29, 1.82) is 0 Å². The number of fused-ring (bicyclic) bond motifs is 3. The van der Waals surface area contributed by atoms with Gasteiger partial charge >= 0.3 is 0 Å². The first kappa shape index (κ1) is 15.4. The summed E-state index contributed by atoms with van der Waals surface area (Å²) in [7, 11) is 0. The van der Waals surface area contributed by atoms with Crippen molar-refractivity contribution in [2.24, 2.45) is 5.92 Å². The molecule has 1 heterocycles. The second kappa shape index (κ2) is 6.08. The molecule has 0 saturated carbocycles. The molecule has 1 aliphatic heterocycles. The van der Waals surface area contributed by atoms with Crippen LogP contribution in [0.5, 0.6) is 0 Å². The summed E-state index contributed by atoms with van der Waals surface area (Å²) in [4.78, 5) is 1.28. The van der Waals surface area contributed by atoms with E-state index in [4.69, 9.17) is 23.2 Å². The summed E-state index contributed by atoms with van der Waals surface area (Å²) in [5.41, 5.74) is 3.56. The summed E-state index contributed by atoms with van der Waals surface area (Å²) in [5, 5.41) is 4.91. The molecule has 0 fully saturated rings. The second-order valence-corrected chi connectivity index (χ2v) is 7.74. The van der Waals surface area contributed by atoms with E-state index in [0.717, 1.165) is 12.1 Å². The van der Waals surface area contributed by atoms with Crippen LogP contribution in [0.2, 0.25) is 10.0 Å². The van der Waals surface area contributed by atoms with Gasteiger partial charge in [0.05, 0.1) is 21.8 Å². The first-order valence-electron chi connectivity index (χ1n) is 7.74. The average molecular weight is 362 g/mol. The molecule has 4 heteroatoms. The quantitative estimate of drug-likeness (QED) is 0.481. The number of hydrogen-bond acceptors (Lipinski definition) is 2. The highest BCUT2D eigenvalue weighted by atomic mass is 35.5. The van der Waals surface area contributed by atoms with E-state index < -0.39 is 0 Å². The van der Waals surface area contributed by atoms with E-state index in [-0.39, 0.29) is 6.04 Å². The van der Waals surface area contributed by atoms with Crippen LogP contribution in [0.3, 0.4) is 0 Å². The molecular formula is C19H17Cl2NS. The van der Waals surface area contributed by atoms with Gasteiger partial charge in [0.1, 0.15) is 0 Å². The average Bonchev–Trinajstić information content (AvgIpc) is 3.07. The lowest BCUT2D eigenvalue weighted by molar-refractivity contribution is 0.425. The van der Waals surface area contributed by atoms with Crippen molar-refractivity contribution in [3.8, 4) is 0 Å². The molecular weight excluding hydrogens is 345 g/mol. The molecule has 0 radical (unpaired) electrons. The van der Waals surface area contributed by atoms with E-state index in [2.05, 4.69) is 54.1 Å². The van der Waals surface area contributed by atoms with Gasteiger partial charge in [-0.2, -0.15) is 0 Å². The monoisotopic (exact) mass is 361 g/mol. The smallest absolute Gasteiger partial charge is 0.0826 e. The summed E-state index contributed by atoms with van der Waals surface area (Å²) in [5.74, 6) is 0.936. The number of hydrogen-bond donors (Lipinski definition) is 1. The largest absolute Gasteiger partial charge is 0.376 e. The van der Waals surface area contributed by atoms with E-state index in [1.165, 1.54) is 16.0 Å². The van der Waals surface area contributed by atoms with E-state index in [0.29, 0.717) is 21.9 Å². The van der Waals surface area contributed by atoms with Gasteiger partial charge in [0, 0.05) is 10.8 Å². The molecule has 0 saturated heterocycles. The van der Waals surface area contributed by atoms with Crippen LogP contribution >= 0.6 is 35.0 Å². The Balaban J connectivity index is 1.78. The predicted molar refractivity (Wildman–Crippen MR) is 101 cm³/mol. The SMILES string of the molecule is CSc1ccc(C2Nc3c(ccc(Cl)c3Cl)C3C=CCC32)cc1. The number of rotatable bonds is 2. The van der Waals surface area contributed by atoms with Gasteiger partial charge in [0.25, 0.3) is 0 Å². The molecule has 4 rings (SSSR count). The standard InChI is InChI=1S/C19H17Cl2NS/c1-23-12-7-5-11(6-8-12)18-14-4-2-3-13(14)15-9-10-16(20)17(21)19(15)22-18/h2-3,5-10,13-14,18,22H,4H2,1H3.